The Morgan fingerprint density at radius 2 is 2.15 bits per heavy atom. The third-order valence-corrected chi connectivity index (χ3v) is 3.23. The van der Waals surface area contributed by atoms with Gasteiger partial charge in [-0.05, 0) is 6.92 Å². The number of thiazole rings is 1. The molecule has 0 radical (unpaired) electrons. The molecule has 0 saturated carbocycles. The normalized spacial score (nSPS) is 11.4. The zero-order valence-corrected chi connectivity index (χ0v) is 15.6. The van der Waals surface area contributed by atoms with Crippen LogP contribution in [0.4, 0.5) is 0 Å². The molecular formula is C14H23IN4S. The lowest BCUT2D eigenvalue weighted by Crippen LogP contribution is -2.37. The molecule has 0 unspecified atom stereocenters. The van der Waals surface area contributed by atoms with Gasteiger partial charge in [0.1, 0.15) is 5.01 Å². The van der Waals surface area contributed by atoms with Gasteiger partial charge in [-0.1, -0.05) is 26.7 Å². The zero-order valence-electron chi connectivity index (χ0n) is 12.5. The number of nitrogens with one attached hydrogen (secondary N) is 2. The van der Waals surface area contributed by atoms with Crippen LogP contribution in [0.25, 0.3) is 0 Å². The third-order valence-electron chi connectivity index (χ3n) is 2.39. The Balaban J connectivity index is 0.00000361. The molecule has 0 amide bonds. The number of terminal acetylenes is 1. The predicted octanol–water partition coefficient (Wildman–Crippen LogP) is 2.75. The van der Waals surface area contributed by atoms with E-state index >= 15 is 0 Å². The highest BCUT2D eigenvalue weighted by molar-refractivity contribution is 14.0. The molecule has 4 nitrogen and oxygen atoms in total. The first-order chi connectivity index (χ1) is 8.97. The smallest absolute Gasteiger partial charge is 0.192 e. The number of rotatable bonds is 4. The molecule has 1 heterocycles. The van der Waals surface area contributed by atoms with E-state index in [1.165, 1.54) is 0 Å². The Labute approximate surface area is 142 Å². The first kappa shape index (κ1) is 19.2. The molecule has 0 saturated heterocycles. The minimum Gasteiger partial charge on any atom is -0.357 e. The Hall–Kier alpha value is -0.810. The number of hydrogen-bond acceptors (Lipinski definition) is 3. The van der Waals surface area contributed by atoms with Gasteiger partial charge in [0.05, 0.1) is 18.8 Å². The summed E-state index contributed by atoms with van der Waals surface area (Å²) in [6, 6.07) is 0. The van der Waals surface area contributed by atoms with Crippen molar-refractivity contribution in [1.82, 2.24) is 15.6 Å². The van der Waals surface area contributed by atoms with Crippen LogP contribution in [0.15, 0.2) is 10.4 Å². The van der Waals surface area contributed by atoms with Crippen LogP contribution in [0.1, 0.15) is 38.4 Å². The van der Waals surface area contributed by atoms with Crippen LogP contribution >= 0.6 is 35.3 Å². The number of hydrogen-bond donors (Lipinski definition) is 2. The summed E-state index contributed by atoms with van der Waals surface area (Å²) < 4.78 is 0. The highest BCUT2D eigenvalue weighted by Gasteiger charge is 2.17. The quantitative estimate of drug-likeness (QED) is 0.350. The van der Waals surface area contributed by atoms with Crippen molar-refractivity contribution in [3.63, 3.8) is 0 Å². The molecule has 0 aliphatic carbocycles. The van der Waals surface area contributed by atoms with Gasteiger partial charge < -0.3 is 10.6 Å². The van der Waals surface area contributed by atoms with E-state index in [4.69, 9.17) is 6.42 Å². The third kappa shape index (κ3) is 6.57. The van der Waals surface area contributed by atoms with Gasteiger partial charge in [-0.3, -0.25) is 0 Å². The summed E-state index contributed by atoms with van der Waals surface area (Å²) in [5.41, 5.74) is 1.20. The van der Waals surface area contributed by atoms with Gasteiger partial charge in [0.2, 0.25) is 0 Å². The number of aromatic nitrogens is 1. The maximum atomic E-state index is 5.23. The van der Waals surface area contributed by atoms with Crippen LogP contribution in [0, 0.1) is 12.3 Å². The van der Waals surface area contributed by atoms with E-state index in [9.17, 15) is 0 Å². The number of halogens is 1. The molecule has 0 aromatic carbocycles. The van der Waals surface area contributed by atoms with Crippen molar-refractivity contribution in [3.8, 4) is 12.3 Å². The molecule has 0 spiro atoms. The van der Waals surface area contributed by atoms with Crippen LogP contribution in [-0.2, 0) is 12.0 Å². The van der Waals surface area contributed by atoms with Gasteiger partial charge in [0, 0.05) is 17.3 Å². The predicted molar refractivity (Wildman–Crippen MR) is 97.9 cm³/mol. The van der Waals surface area contributed by atoms with Crippen molar-refractivity contribution < 1.29 is 0 Å². The maximum Gasteiger partial charge on any atom is 0.192 e. The van der Waals surface area contributed by atoms with E-state index in [0.29, 0.717) is 13.1 Å². The molecular weight excluding hydrogens is 383 g/mol. The Kier molecular flexibility index (Phi) is 8.81. The van der Waals surface area contributed by atoms with E-state index < -0.39 is 0 Å². The molecule has 20 heavy (non-hydrogen) atoms. The summed E-state index contributed by atoms with van der Waals surface area (Å²) in [4.78, 5) is 9.07. The molecule has 0 aliphatic rings. The summed E-state index contributed by atoms with van der Waals surface area (Å²) >= 11 is 1.65. The fraction of sp³-hybridized carbons (Fsp3) is 0.571. The summed E-state index contributed by atoms with van der Waals surface area (Å²) in [6.07, 6.45) is 5.23. The first-order valence-electron chi connectivity index (χ1n) is 6.38. The summed E-state index contributed by atoms with van der Waals surface area (Å²) in [7, 11) is 0. The number of aliphatic imine (C=N–C) groups is 1. The number of guanidine groups is 1. The lowest BCUT2D eigenvalue weighted by atomic mass is 9.93. The molecule has 6 heteroatoms. The van der Waals surface area contributed by atoms with Gasteiger partial charge in [0.15, 0.2) is 5.96 Å². The second-order valence-electron chi connectivity index (χ2n) is 5.13. The van der Waals surface area contributed by atoms with Crippen molar-refractivity contribution in [2.45, 2.75) is 39.7 Å². The van der Waals surface area contributed by atoms with E-state index in [-0.39, 0.29) is 29.4 Å². The van der Waals surface area contributed by atoms with Crippen molar-refractivity contribution in [3.05, 3.63) is 16.1 Å². The lowest BCUT2D eigenvalue weighted by Gasteiger charge is -2.14. The van der Waals surface area contributed by atoms with Gasteiger partial charge in [0.25, 0.3) is 0 Å². The van der Waals surface area contributed by atoms with Gasteiger partial charge >= 0.3 is 0 Å². The topological polar surface area (TPSA) is 49.3 Å². The van der Waals surface area contributed by atoms with Crippen molar-refractivity contribution in [2.24, 2.45) is 4.99 Å². The number of nitrogens with zero attached hydrogens (tertiary/aromatic N) is 2. The largest absolute Gasteiger partial charge is 0.357 e. The van der Waals surface area contributed by atoms with Crippen LogP contribution in [0.3, 0.4) is 0 Å². The lowest BCUT2D eigenvalue weighted by molar-refractivity contribution is 0.571. The van der Waals surface area contributed by atoms with Crippen molar-refractivity contribution >= 4 is 41.3 Å². The molecule has 1 rings (SSSR count). The van der Waals surface area contributed by atoms with Crippen molar-refractivity contribution in [1.29, 1.82) is 0 Å². The monoisotopic (exact) mass is 406 g/mol. The molecule has 0 fully saturated rings. The van der Waals surface area contributed by atoms with Gasteiger partial charge in [-0.15, -0.1) is 41.7 Å². The molecule has 2 N–H and O–H groups in total. The summed E-state index contributed by atoms with van der Waals surface area (Å²) in [5, 5.41) is 9.32. The van der Waals surface area contributed by atoms with Crippen LogP contribution in [0.2, 0.25) is 0 Å². The maximum absolute atomic E-state index is 5.23. The molecule has 1 aromatic rings. The van der Waals surface area contributed by atoms with E-state index in [1.807, 2.05) is 6.92 Å². The van der Waals surface area contributed by atoms with Gasteiger partial charge in [-0.25, -0.2) is 9.98 Å². The Morgan fingerprint density at radius 3 is 2.65 bits per heavy atom. The SMILES string of the molecule is C#CCNC(=NCc1nc(C(C)(C)C)cs1)NCC.I. The van der Waals surface area contributed by atoms with Crippen LogP contribution in [0.5, 0.6) is 0 Å². The van der Waals surface area contributed by atoms with E-state index in [1.54, 1.807) is 11.3 Å². The molecule has 0 bridgehead atoms. The average molecular weight is 406 g/mol. The minimum atomic E-state index is 0. The summed E-state index contributed by atoms with van der Waals surface area (Å²) in [6.45, 7) is 10.3. The van der Waals surface area contributed by atoms with E-state index in [0.717, 1.165) is 23.2 Å². The Bertz CT molecular complexity index is 468. The van der Waals surface area contributed by atoms with E-state index in [2.05, 4.69) is 52.7 Å². The van der Waals surface area contributed by atoms with Crippen molar-refractivity contribution in [2.75, 3.05) is 13.1 Å². The average Bonchev–Trinajstić information content (AvgIpc) is 2.81. The molecule has 1 aromatic heterocycles. The summed E-state index contributed by atoms with van der Waals surface area (Å²) in [5.74, 6) is 3.26. The molecule has 0 aliphatic heterocycles. The standard InChI is InChI=1S/C14H22N4S.HI/c1-6-8-16-13(15-7-2)17-9-12-18-11(10-19-12)14(3,4)5;/h1,10H,7-9H2,2-5H3,(H2,15,16,17);1H. The Morgan fingerprint density at radius 1 is 1.45 bits per heavy atom. The fourth-order valence-electron chi connectivity index (χ4n) is 1.35. The van der Waals surface area contributed by atoms with Gasteiger partial charge in [-0.2, -0.15) is 0 Å². The zero-order chi connectivity index (χ0) is 14.3. The minimum absolute atomic E-state index is 0. The highest BCUT2D eigenvalue weighted by atomic mass is 127. The second-order valence-corrected chi connectivity index (χ2v) is 6.07. The first-order valence-corrected chi connectivity index (χ1v) is 7.26. The van der Waals surface area contributed by atoms with Crippen LogP contribution in [-0.4, -0.2) is 24.0 Å². The highest BCUT2D eigenvalue weighted by Crippen LogP contribution is 2.24. The van der Waals surface area contributed by atoms with Crippen LogP contribution < -0.4 is 10.6 Å². The second kappa shape index (κ2) is 9.19. The molecule has 112 valence electrons. The fourth-order valence-corrected chi connectivity index (χ4v) is 2.30. The molecule has 0 atom stereocenters.